The van der Waals surface area contributed by atoms with E-state index in [1.165, 1.54) is 6.07 Å². The highest BCUT2D eigenvalue weighted by Gasteiger charge is 2.42. The smallest absolute Gasteiger partial charge is 0.247 e. The number of carbonyl (C=O) groups is 2. The molecule has 1 fully saturated rings. The van der Waals surface area contributed by atoms with Gasteiger partial charge in [-0.25, -0.2) is 13.1 Å². The number of fused-ring (bicyclic) bond motifs is 1. The van der Waals surface area contributed by atoms with Gasteiger partial charge in [0.05, 0.1) is 13.2 Å². The molecule has 1 heterocycles. The van der Waals surface area contributed by atoms with E-state index in [0.29, 0.717) is 26.3 Å². The van der Waals surface area contributed by atoms with Crippen LogP contribution in [-0.2, 0) is 14.8 Å². The zero-order valence-corrected chi connectivity index (χ0v) is 17.3. The zero-order valence-electron chi connectivity index (χ0n) is 16.5. The Hall–Kier alpha value is -2.81. The second kappa shape index (κ2) is 8.14. The van der Waals surface area contributed by atoms with E-state index in [1.54, 1.807) is 42.2 Å². The van der Waals surface area contributed by atoms with Gasteiger partial charge in [-0.15, -0.1) is 0 Å². The summed E-state index contributed by atoms with van der Waals surface area (Å²) < 4.78 is 34.7. The van der Waals surface area contributed by atoms with Gasteiger partial charge >= 0.3 is 0 Å². The molecule has 0 spiro atoms. The number of benzene rings is 2. The predicted molar refractivity (Wildman–Crippen MR) is 111 cm³/mol. The molecule has 0 amide bonds. The molecule has 1 unspecified atom stereocenters. The van der Waals surface area contributed by atoms with Gasteiger partial charge in [0.25, 0.3) is 0 Å². The van der Waals surface area contributed by atoms with Crippen LogP contribution in [0.2, 0.25) is 0 Å². The summed E-state index contributed by atoms with van der Waals surface area (Å²) in [4.78, 5) is 27.7. The van der Waals surface area contributed by atoms with E-state index >= 15 is 0 Å². The number of hydrogen-bond acceptors (Lipinski definition) is 6. The summed E-state index contributed by atoms with van der Waals surface area (Å²) in [5.74, 6) is -1.13. The molecule has 0 aromatic heterocycles. The van der Waals surface area contributed by atoms with Crippen LogP contribution in [0.4, 0.5) is 0 Å². The predicted octanol–water partition coefficient (Wildman–Crippen LogP) is 2.29. The van der Waals surface area contributed by atoms with Crippen LogP contribution in [-0.4, -0.2) is 51.2 Å². The molecule has 1 saturated heterocycles. The van der Waals surface area contributed by atoms with Crippen LogP contribution in [0.25, 0.3) is 0 Å². The molecular weight excluding hydrogens is 404 g/mol. The van der Waals surface area contributed by atoms with Gasteiger partial charge in [-0.1, -0.05) is 54.6 Å². The standard InChI is InChI=1S/C22H22N2O5S/c1-15(16-7-3-2-4-8-16)23-30(27,28)22-19(24-11-13-29-14-12-24)20(25)17-9-5-6-10-18(17)21(22)26/h2-10,15,23H,11-14H2,1H3. The number of sulfonamides is 1. The highest BCUT2D eigenvalue weighted by Crippen LogP contribution is 2.32. The van der Waals surface area contributed by atoms with Gasteiger partial charge < -0.3 is 9.64 Å². The molecule has 1 aliphatic carbocycles. The van der Waals surface area contributed by atoms with Gasteiger partial charge in [0.2, 0.25) is 21.6 Å². The first-order valence-corrected chi connectivity index (χ1v) is 11.2. The molecule has 0 saturated carbocycles. The van der Waals surface area contributed by atoms with Crippen molar-refractivity contribution in [1.82, 2.24) is 9.62 Å². The number of nitrogens with one attached hydrogen (secondary N) is 1. The Labute approximate surface area is 175 Å². The number of morpholine rings is 1. The van der Waals surface area contributed by atoms with Crippen molar-refractivity contribution in [3.8, 4) is 0 Å². The molecule has 2 aromatic carbocycles. The molecule has 156 valence electrons. The number of ketones is 2. The Kier molecular flexibility index (Phi) is 5.55. The largest absolute Gasteiger partial charge is 0.378 e. The molecule has 0 radical (unpaired) electrons. The third kappa shape index (κ3) is 3.69. The van der Waals surface area contributed by atoms with Gasteiger partial charge in [-0.05, 0) is 12.5 Å². The van der Waals surface area contributed by atoms with Crippen LogP contribution >= 0.6 is 0 Å². The highest BCUT2D eigenvalue weighted by atomic mass is 32.2. The number of allylic oxidation sites excluding steroid dienone is 2. The maximum absolute atomic E-state index is 13.4. The van der Waals surface area contributed by atoms with Crippen molar-refractivity contribution >= 4 is 21.6 Å². The number of ether oxygens (including phenoxy) is 1. The van der Waals surface area contributed by atoms with Crippen LogP contribution in [0.3, 0.4) is 0 Å². The molecular formula is C22H22N2O5S. The molecule has 2 aromatic rings. The van der Waals surface area contributed by atoms with Gasteiger partial charge in [0.1, 0.15) is 5.70 Å². The minimum absolute atomic E-state index is 0.0743. The Balaban J connectivity index is 1.81. The van der Waals surface area contributed by atoms with Crippen molar-refractivity contribution in [2.75, 3.05) is 26.3 Å². The zero-order chi connectivity index (χ0) is 21.3. The average Bonchev–Trinajstić information content (AvgIpc) is 2.77. The number of rotatable bonds is 5. The van der Waals surface area contributed by atoms with Crippen LogP contribution in [0, 0.1) is 0 Å². The Morgan fingerprint density at radius 1 is 0.900 bits per heavy atom. The summed E-state index contributed by atoms with van der Waals surface area (Å²) >= 11 is 0. The maximum atomic E-state index is 13.4. The summed E-state index contributed by atoms with van der Waals surface area (Å²) in [6, 6.07) is 14.8. The molecule has 8 heteroatoms. The van der Waals surface area contributed by atoms with E-state index in [4.69, 9.17) is 4.74 Å². The van der Waals surface area contributed by atoms with Crippen molar-refractivity contribution in [2.24, 2.45) is 0 Å². The molecule has 1 N–H and O–H groups in total. The lowest BCUT2D eigenvalue weighted by molar-refractivity contribution is 0.0499. The van der Waals surface area contributed by atoms with Crippen molar-refractivity contribution in [2.45, 2.75) is 13.0 Å². The fourth-order valence-electron chi connectivity index (χ4n) is 3.76. The molecule has 1 aliphatic heterocycles. The van der Waals surface area contributed by atoms with E-state index in [2.05, 4.69) is 4.72 Å². The third-order valence-corrected chi connectivity index (χ3v) is 6.86. The number of hydrogen-bond donors (Lipinski definition) is 1. The molecule has 0 bridgehead atoms. The normalized spacial score (nSPS) is 18.4. The third-order valence-electron chi connectivity index (χ3n) is 5.28. The maximum Gasteiger partial charge on any atom is 0.247 e. The first-order chi connectivity index (χ1) is 14.4. The number of Topliss-reactive ketones (excluding diaryl/α,β-unsaturated/α-hetero) is 2. The highest BCUT2D eigenvalue weighted by molar-refractivity contribution is 7.94. The van der Waals surface area contributed by atoms with E-state index < -0.39 is 32.5 Å². The van der Waals surface area contributed by atoms with Crippen molar-refractivity contribution in [3.05, 3.63) is 81.9 Å². The van der Waals surface area contributed by atoms with Crippen molar-refractivity contribution < 1.29 is 22.7 Å². The van der Waals surface area contributed by atoms with Crippen LogP contribution < -0.4 is 4.72 Å². The molecule has 30 heavy (non-hydrogen) atoms. The summed E-state index contributed by atoms with van der Waals surface area (Å²) in [5.41, 5.74) is 1.01. The summed E-state index contributed by atoms with van der Waals surface area (Å²) in [5, 5.41) is 0. The van der Waals surface area contributed by atoms with E-state index in [-0.39, 0.29) is 16.8 Å². The first-order valence-electron chi connectivity index (χ1n) is 9.73. The SMILES string of the molecule is CC(NS(=O)(=O)C1=C(N2CCOCC2)C(=O)c2ccccc2C1=O)c1ccccc1. The van der Waals surface area contributed by atoms with Gasteiger partial charge in [-0.2, -0.15) is 0 Å². The molecule has 4 rings (SSSR count). The number of nitrogens with zero attached hydrogens (tertiary/aromatic N) is 1. The van der Waals surface area contributed by atoms with E-state index in [1.807, 2.05) is 18.2 Å². The van der Waals surface area contributed by atoms with E-state index in [9.17, 15) is 18.0 Å². The van der Waals surface area contributed by atoms with Crippen LogP contribution in [0.1, 0.15) is 39.2 Å². The lowest BCUT2D eigenvalue weighted by Crippen LogP contribution is -2.44. The Bertz CT molecular complexity index is 1120. The lowest BCUT2D eigenvalue weighted by atomic mass is 9.91. The Morgan fingerprint density at radius 3 is 2.10 bits per heavy atom. The van der Waals surface area contributed by atoms with Crippen LogP contribution in [0.15, 0.2) is 65.2 Å². The minimum Gasteiger partial charge on any atom is -0.378 e. The average molecular weight is 426 g/mol. The monoisotopic (exact) mass is 426 g/mol. The second-order valence-electron chi connectivity index (χ2n) is 7.23. The summed E-state index contributed by atoms with van der Waals surface area (Å²) in [6.45, 7) is 3.08. The fourth-order valence-corrected chi connectivity index (χ4v) is 5.31. The van der Waals surface area contributed by atoms with Gasteiger partial charge in [-0.3, -0.25) is 9.59 Å². The minimum atomic E-state index is -4.28. The van der Waals surface area contributed by atoms with Crippen molar-refractivity contribution in [3.63, 3.8) is 0 Å². The quantitative estimate of drug-likeness (QED) is 0.789. The summed E-state index contributed by atoms with van der Waals surface area (Å²) in [6.07, 6.45) is 0. The topological polar surface area (TPSA) is 92.8 Å². The Morgan fingerprint density at radius 2 is 1.47 bits per heavy atom. The van der Waals surface area contributed by atoms with Gasteiger partial charge in [0, 0.05) is 30.3 Å². The molecule has 7 nitrogen and oxygen atoms in total. The fraction of sp³-hybridized carbons (Fsp3) is 0.273. The second-order valence-corrected chi connectivity index (χ2v) is 8.89. The van der Waals surface area contributed by atoms with Crippen LogP contribution in [0.5, 0.6) is 0 Å². The molecule has 2 aliphatic rings. The lowest BCUT2D eigenvalue weighted by Gasteiger charge is -2.33. The van der Waals surface area contributed by atoms with Crippen molar-refractivity contribution in [1.29, 1.82) is 0 Å². The van der Waals surface area contributed by atoms with E-state index in [0.717, 1.165) is 5.56 Å². The number of carbonyl (C=O) groups excluding carboxylic acids is 2. The summed E-state index contributed by atoms with van der Waals surface area (Å²) in [7, 11) is -4.28. The first kappa shape index (κ1) is 20.5. The molecule has 1 atom stereocenters. The van der Waals surface area contributed by atoms with Gasteiger partial charge in [0.15, 0.2) is 4.91 Å².